The van der Waals surface area contributed by atoms with E-state index in [9.17, 15) is 4.79 Å². The molecule has 0 aliphatic carbocycles. The van der Waals surface area contributed by atoms with Gasteiger partial charge in [-0.05, 0) is 33.1 Å². The molecule has 1 heterocycles. The summed E-state index contributed by atoms with van der Waals surface area (Å²) >= 11 is 0. The van der Waals surface area contributed by atoms with E-state index in [0.29, 0.717) is 0 Å². The van der Waals surface area contributed by atoms with Crippen LogP contribution >= 0.6 is 0 Å². The first-order chi connectivity index (χ1) is 5.05. The highest BCUT2D eigenvalue weighted by molar-refractivity contribution is 5.80. The lowest BCUT2D eigenvalue weighted by Crippen LogP contribution is -2.50. The minimum atomic E-state index is 0.0305. The topological polar surface area (TPSA) is 29.1 Å². The fraction of sp³-hybridized carbons (Fsp3) is 0.889. The van der Waals surface area contributed by atoms with Gasteiger partial charge in [0.2, 0.25) is 5.91 Å². The van der Waals surface area contributed by atoms with Crippen LogP contribution in [0.3, 0.4) is 0 Å². The average Bonchev–Trinajstić information content (AvgIpc) is 1.86. The van der Waals surface area contributed by atoms with Crippen LogP contribution < -0.4 is 5.32 Å². The molecule has 1 aliphatic heterocycles. The van der Waals surface area contributed by atoms with Crippen LogP contribution in [-0.2, 0) is 4.79 Å². The van der Waals surface area contributed by atoms with Crippen LogP contribution in [-0.4, -0.2) is 11.4 Å². The molecule has 2 nitrogen and oxygen atoms in total. The molecule has 0 spiro atoms. The van der Waals surface area contributed by atoms with E-state index >= 15 is 0 Å². The molecule has 0 aromatic rings. The molecular weight excluding hydrogens is 138 g/mol. The Morgan fingerprint density at radius 3 is 2.73 bits per heavy atom. The fourth-order valence-corrected chi connectivity index (χ4v) is 1.55. The maximum Gasteiger partial charge on any atom is 0.223 e. The summed E-state index contributed by atoms with van der Waals surface area (Å²) in [6.45, 7) is 6.23. The van der Waals surface area contributed by atoms with Crippen molar-refractivity contribution in [2.24, 2.45) is 5.92 Å². The SMILES string of the molecule is CCC1CCC(C)(C)NC1=O. The van der Waals surface area contributed by atoms with Gasteiger partial charge in [-0.15, -0.1) is 0 Å². The second kappa shape index (κ2) is 2.84. The first-order valence-corrected chi connectivity index (χ1v) is 4.37. The van der Waals surface area contributed by atoms with Gasteiger partial charge < -0.3 is 5.32 Å². The van der Waals surface area contributed by atoms with Crippen molar-refractivity contribution in [1.29, 1.82) is 0 Å². The van der Waals surface area contributed by atoms with Gasteiger partial charge in [0, 0.05) is 11.5 Å². The number of amides is 1. The second-order valence-corrected chi connectivity index (χ2v) is 4.02. The molecule has 1 atom stereocenters. The molecule has 2 heteroatoms. The highest BCUT2D eigenvalue weighted by Crippen LogP contribution is 2.24. The summed E-state index contributed by atoms with van der Waals surface area (Å²) in [5, 5.41) is 3.02. The van der Waals surface area contributed by atoms with Crippen LogP contribution in [0.2, 0.25) is 0 Å². The first-order valence-electron chi connectivity index (χ1n) is 4.37. The summed E-state index contributed by atoms with van der Waals surface area (Å²) in [7, 11) is 0. The number of hydrogen-bond donors (Lipinski definition) is 1. The van der Waals surface area contributed by atoms with Crippen molar-refractivity contribution in [2.75, 3.05) is 0 Å². The minimum absolute atomic E-state index is 0.0305. The van der Waals surface area contributed by atoms with Gasteiger partial charge in [0.25, 0.3) is 0 Å². The van der Waals surface area contributed by atoms with Crippen LogP contribution in [0, 0.1) is 5.92 Å². The number of carbonyl (C=O) groups is 1. The third kappa shape index (κ3) is 1.95. The van der Waals surface area contributed by atoms with Gasteiger partial charge in [-0.2, -0.15) is 0 Å². The summed E-state index contributed by atoms with van der Waals surface area (Å²) in [6.07, 6.45) is 3.13. The van der Waals surface area contributed by atoms with Gasteiger partial charge in [0.15, 0.2) is 0 Å². The summed E-state index contributed by atoms with van der Waals surface area (Å²) in [5.41, 5.74) is 0.0305. The number of rotatable bonds is 1. The lowest BCUT2D eigenvalue weighted by atomic mass is 9.85. The van der Waals surface area contributed by atoms with Crippen molar-refractivity contribution in [3.05, 3.63) is 0 Å². The Kier molecular flexibility index (Phi) is 2.21. The monoisotopic (exact) mass is 155 g/mol. The van der Waals surface area contributed by atoms with Crippen molar-refractivity contribution >= 4 is 5.91 Å². The molecule has 0 saturated carbocycles. The standard InChI is InChI=1S/C9H17NO/c1-4-7-5-6-9(2,3)10-8(7)11/h7H,4-6H2,1-3H3,(H,10,11). The summed E-state index contributed by atoms with van der Waals surface area (Å²) in [4.78, 5) is 11.3. The van der Waals surface area contributed by atoms with E-state index in [-0.39, 0.29) is 17.4 Å². The molecule has 1 unspecified atom stereocenters. The Hall–Kier alpha value is -0.530. The Morgan fingerprint density at radius 2 is 2.27 bits per heavy atom. The van der Waals surface area contributed by atoms with E-state index in [0.717, 1.165) is 19.3 Å². The predicted octanol–water partition coefficient (Wildman–Crippen LogP) is 1.70. The highest BCUT2D eigenvalue weighted by Gasteiger charge is 2.30. The van der Waals surface area contributed by atoms with Crippen molar-refractivity contribution in [3.8, 4) is 0 Å². The van der Waals surface area contributed by atoms with Crippen LogP contribution in [0.5, 0.6) is 0 Å². The predicted molar refractivity (Wildman–Crippen MR) is 45.2 cm³/mol. The zero-order valence-corrected chi connectivity index (χ0v) is 7.61. The molecule has 1 saturated heterocycles. The molecule has 64 valence electrons. The number of carbonyl (C=O) groups excluding carboxylic acids is 1. The van der Waals surface area contributed by atoms with Crippen molar-refractivity contribution < 1.29 is 4.79 Å². The molecule has 1 amide bonds. The third-order valence-corrected chi connectivity index (χ3v) is 2.44. The lowest BCUT2D eigenvalue weighted by Gasteiger charge is -2.34. The number of nitrogens with one attached hydrogen (secondary N) is 1. The molecule has 1 rings (SSSR count). The quantitative estimate of drug-likeness (QED) is 0.613. The minimum Gasteiger partial charge on any atom is -0.351 e. The van der Waals surface area contributed by atoms with Crippen LogP contribution in [0.15, 0.2) is 0 Å². The summed E-state index contributed by atoms with van der Waals surface area (Å²) in [5.74, 6) is 0.506. The number of hydrogen-bond acceptors (Lipinski definition) is 1. The smallest absolute Gasteiger partial charge is 0.223 e. The normalized spacial score (nSPS) is 29.7. The molecule has 0 bridgehead atoms. The van der Waals surface area contributed by atoms with Gasteiger partial charge in [-0.3, -0.25) is 4.79 Å². The van der Waals surface area contributed by atoms with Crippen molar-refractivity contribution in [2.45, 2.75) is 45.6 Å². The van der Waals surface area contributed by atoms with E-state index in [2.05, 4.69) is 26.1 Å². The first kappa shape index (κ1) is 8.57. The zero-order chi connectivity index (χ0) is 8.48. The molecular formula is C9H17NO. The molecule has 0 aromatic carbocycles. The molecule has 11 heavy (non-hydrogen) atoms. The van der Waals surface area contributed by atoms with E-state index in [1.807, 2.05) is 0 Å². The number of piperidine rings is 1. The van der Waals surface area contributed by atoms with Gasteiger partial charge in [-0.25, -0.2) is 0 Å². The van der Waals surface area contributed by atoms with E-state index in [1.54, 1.807) is 0 Å². The Balaban J connectivity index is 2.55. The molecule has 1 fully saturated rings. The second-order valence-electron chi connectivity index (χ2n) is 4.02. The average molecular weight is 155 g/mol. The Labute approximate surface area is 68.4 Å². The maximum absolute atomic E-state index is 11.3. The summed E-state index contributed by atoms with van der Waals surface area (Å²) in [6, 6.07) is 0. The van der Waals surface area contributed by atoms with Crippen molar-refractivity contribution in [3.63, 3.8) is 0 Å². The molecule has 0 radical (unpaired) electrons. The Morgan fingerprint density at radius 1 is 1.64 bits per heavy atom. The summed E-state index contributed by atoms with van der Waals surface area (Å²) < 4.78 is 0. The van der Waals surface area contributed by atoms with Gasteiger partial charge in [0.1, 0.15) is 0 Å². The lowest BCUT2D eigenvalue weighted by molar-refractivity contribution is -0.129. The van der Waals surface area contributed by atoms with E-state index in [1.165, 1.54) is 0 Å². The van der Waals surface area contributed by atoms with E-state index in [4.69, 9.17) is 0 Å². The maximum atomic E-state index is 11.3. The van der Waals surface area contributed by atoms with Gasteiger partial charge in [-0.1, -0.05) is 6.92 Å². The van der Waals surface area contributed by atoms with Gasteiger partial charge in [0.05, 0.1) is 0 Å². The molecule has 1 aliphatic rings. The highest BCUT2D eigenvalue weighted by atomic mass is 16.2. The van der Waals surface area contributed by atoms with Crippen LogP contribution in [0.4, 0.5) is 0 Å². The molecule has 0 aromatic heterocycles. The Bertz CT molecular complexity index is 163. The molecule has 1 N–H and O–H groups in total. The van der Waals surface area contributed by atoms with E-state index < -0.39 is 0 Å². The third-order valence-electron chi connectivity index (χ3n) is 2.44. The van der Waals surface area contributed by atoms with Crippen LogP contribution in [0.25, 0.3) is 0 Å². The van der Waals surface area contributed by atoms with Crippen LogP contribution in [0.1, 0.15) is 40.0 Å². The van der Waals surface area contributed by atoms with Gasteiger partial charge >= 0.3 is 0 Å². The zero-order valence-electron chi connectivity index (χ0n) is 7.61. The largest absolute Gasteiger partial charge is 0.351 e. The fourth-order valence-electron chi connectivity index (χ4n) is 1.55. The van der Waals surface area contributed by atoms with Crippen molar-refractivity contribution in [1.82, 2.24) is 5.32 Å².